The number of hydrogen-bond acceptors (Lipinski definition) is 1. The van der Waals surface area contributed by atoms with Crippen LogP contribution >= 0.6 is 0 Å². The molecule has 2 unspecified atom stereocenters. The fourth-order valence-electron chi connectivity index (χ4n) is 10.2. The number of nitrogens with zero attached hydrogens (tertiary/aromatic N) is 1. The molecule has 0 saturated heterocycles. The van der Waals surface area contributed by atoms with Crippen LogP contribution in [0.1, 0.15) is 123 Å². The molecular weight excluding hydrogens is 735 g/mol. The van der Waals surface area contributed by atoms with Gasteiger partial charge in [0, 0.05) is 17.1 Å². The first-order chi connectivity index (χ1) is 29.2. The summed E-state index contributed by atoms with van der Waals surface area (Å²) < 4.78 is 0. The van der Waals surface area contributed by atoms with Gasteiger partial charge in [-0.3, -0.25) is 0 Å². The van der Waals surface area contributed by atoms with Gasteiger partial charge in [0.15, 0.2) is 0 Å². The Hall–Kier alpha value is -5.40. The first-order valence-corrected chi connectivity index (χ1v) is 23.0. The standard InChI is InChI=1S/C60H65N/c1-58(2,3)43-26-24-41(25-27-43)52-39-53(40-18-12-10-13-19-40)56-50-23-17-16-22-49(50)54-38-48(36-37-51(54)57(56)55(52)42-20-14-11-15-21-42)61(46-32-28-44(29-33-46)59(4,5)6)47-34-30-45(31-35-47)60(7,8)9/h10-12,14,16-18,20,22-26,28-30,32-39,43,45H,13,15,19,21,27,31H2,1-9H3. The predicted molar refractivity (Wildman–Crippen MR) is 268 cm³/mol. The van der Waals surface area contributed by atoms with Crippen molar-refractivity contribution in [2.45, 2.75) is 106 Å². The highest BCUT2D eigenvalue weighted by Gasteiger charge is 2.29. The first-order valence-electron chi connectivity index (χ1n) is 23.0. The third-order valence-electron chi connectivity index (χ3n) is 14.0. The quantitative estimate of drug-likeness (QED) is 0.155. The van der Waals surface area contributed by atoms with Crippen molar-refractivity contribution in [2.75, 3.05) is 4.90 Å². The number of fused-ring (bicyclic) bond motifs is 6. The lowest BCUT2D eigenvalue weighted by atomic mass is 9.74. The van der Waals surface area contributed by atoms with E-state index in [2.05, 4.69) is 213 Å². The SMILES string of the molecule is CC(C)(C)c1ccc(N(C2=CCC(C(C)(C)C)C=C2)c2ccc3c(c2)c2ccccc2c2c(C4=CC=CCC4)cc(C4=CCC(C(C)(C)C)C=C4)c(C4=CC=CCC4)c32)cc1. The van der Waals surface area contributed by atoms with Gasteiger partial charge in [-0.25, -0.2) is 0 Å². The van der Waals surface area contributed by atoms with E-state index in [0.717, 1.165) is 38.5 Å². The van der Waals surface area contributed by atoms with Crippen LogP contribution in [0.15, 0.2) is 151 Å². The molecule has 0 amide bonds. The molecule has 310 valence electrons. The Kier molecular flexibility index (Phi) is 10.6. The Balaban J connectivity index is 1.34. The summed E-state index contributed by atoms with van der Waals surface area (Å²) in [4.78, 5) is 2.50. The van der Waals surface area contributed by atoms with Crippen molar-refractivity contribution in [3.8, 4) is 0 Å². The Morgan fingerprint density at radius 1 is 0.541 bits per heavy atom. The first kappa shape index (κ1) is 41.0. The van der Waals surface area contributed by atoms with Crippen LogP contribution in [0.2, 0.25) is 0 Å². The molecule has 9 rings (SSSR count). The highest BCUT2D eigenvalue weighted by Crippen LogP contribution is 2.50. The zero-order chi connectivity index (χ0) is 42.7. The molecular formula is C60H65N. The zero-order valence-electron chi connectivity index (χ0n) is 38.2. The molecule has 0 aliphatic heterocycles. The van der Waals surface area contributed by atoms with Gasteiger partial charge in [-0.05, 0) is 174 Å². The summed E-state index contributed by atoms with van der Waals surface area (Å²) in [6.45, 7) is 21.1. The molecule has 1 nitrogen and oxygen atoms in total. The van der Waals surface area contributed by atoms with E-state index in [-0.39, 0.29) is 16.2 Å². The summed E-state index contributed by atoms with van der Waals surface area (Å²) in [5, 5.41) is 8.06. The highest BCUT2D eigenvalue weighted by atomic mass is 15.1. The van der Waals surface area contributed by atoms with Crippen LogP contribution in [0, 0.1) is 22.7 Å². The Bertz CT molecular complexity index is 2780. The van der Waals surface area contributed by atoms with Gasteiger partial charge in [0.2, 0.25) is 0 Å². The molecule has 1 heteroatoms. The molecule has 4 aliphatic rings. The summed E-state index contributed by atoms with van der Waals surface area (Å²) in [5.41, 5.74) is 13.9. The average Bonchev–Trinajstić information content (AvgIpc) is 3.26. The van der Waals surface area contributed by atoms with Crippen molar-refractivity contribution in [3.63, 3.8) is 0 Å². The minimum Gasteiger partial charge on any atom is -0.311 e. The molecule has 0 N–H and O–H groups in total. The summed E-state index contributed by atoms with van der Waals surface area (Å²) >= 11 is 0. The second-order valence-corrected chi connectivity index (χ2v) is 21.2. The number of allylic oxidation sites excluding steroid dienone is 15. The van der Waals surface area contributed by atoms with Crippen LogP contribution in [0.3, 0.4) is 0 Å². The lowest BCUT2D eigenvalue weighted by Crippen LogP contribution is -2.23. The maximum absolute atomic E-state index is 2.58. The number of hydrogen-bond donors (Lipinski definition) is 0. The summed E-state index contributed by atoms with van der Waals surface area (Å²) in [6.07, 6.45) is 35.1. The molecule has 0 saturated carbocycles. The Morgan fingerprint density at radius 3 is 1.72 bits per heavy atom. The third-order valence-corrected chi connectivity index (χ3v) is 14.0. The van der Waals surface area contributed by atoms with Gasteiger partial charge in [-0.2, -0.15) is 0 Å². The lowest BCUT2D eigenvalue weighted by molar-refractivity contribution is 0.293. The zero-order valence-corrected chi connectivity index (χ0v) is 38.2. The van der Waals surface area contributed by atoms with Crippen LogP contribution in [-0.4, -0.2) is 0 Å². The molecule has 2 atom stereocenters. The van der Waals surface area contributed by atoms with Crippen LogP contribution in [0.4, 0.5) is 11.4 Å². The van der Waals surface area contributed by atoms with Gasteiger partial charge < -0.3 is 4.90 Å². The highest BCUT2D eigenvalue weighted by molar-refractivity contribution is 6.30. The molecule has 0 fully saturated rings. The molecule has 0 bridgehead atoms. The van der Waals surface area contributed by atoms with E-state index in [4.69, 9.17) is 0 Å². The van der Waals surface area contributed by atoms with Gasteiger partial charge >= 0.3 is 0 Å². The van der Waals surface area contributed by atoms with E-state index < -0.39 is 0 Å². The van der Waals surface area contributed by atoms with E-state index in [1.807, 2.05) is 0 Å². The van der Waals surface area contributed by atoms with Crippen LogP contribution in [-0.2, 0) is 5.41 Å². The second-order valence-electron chi connectivity index (χ2n) is 21.2. The summed E-state index contributed by atoms with van der Waals surface area (Å²) in [7, 11) is 0. The lowest BCUT2D eigenvalue weighted by Gasteiger charge is -2.33. The van der Waals surface area contributed by atoms with Gasteiger partial charge in [0.25, 0.3) is 0 Å². The van der Waals surface area contributed by atoms with Crippen molar-refractivity contribution in [3.05, 3.63) is 174 Å². The van der Waals surface area contributed by atoms with Crippen molar-refractivity contribution in [1.29, 1.82) is 0 Å². The van der Waals surface area contributed by atoms with Crippen molar-refractivity contribution in [1.82, 2.24) is 0 Å². The molecule has 5 aromatic carbocycles. The van der Waals surface area contributed by atoms with E-state index in [1.165, 1.54) is 88.4 Å². The van der Waals surface area contributed by atoms with Gasteiger partial charge in [0.1, 0.15) is 0 Å². The molecule has 4 aliphatic carbocycles. The average molecular weight is 800 g/mol. The minimum atomic E-state index is 0.0803. The van der Waals surface area contributed by atoms with Crippen LogP contribution in [0.5, 0.6) is 0 Å². The minimum absolute atomic E-state index is 0.0803. The van der Waals surface area contributed by atoms with E-state index in [1.54, 1.807) is 0 Å². The molecule has 0 spiro atoms. The number of benzene rings is 5. The predicted octanol–water partition coefficient (Wildman–Crippen LogP) is 17.6. The largest absolute Gasteiger partial charge is 0.311 e. The molecule has 0 aromatic heterocycles. The van der Waals surface area contributed by atoms with Crippen molar-refractivity contribution >= 4 is 60.4 Å². The maximum Gasteiger partial charge on any atom is 0.0468 e. The van der Waals surface area contributed by atoms with Gasteiger partial charge in [0.05, 0.1) is 0 Å². The summed E-state index contributed by atoms with van der Waals surface area (Å²) in [6, 6.07) is 28.5. The molecule has 0 heterocycles. The normalized spacial score (nSPS) is 19.6. The molecule has 5 aromatic rings. The van der Waals surface area contributed by atoms with Crippen LogP contribution in [0.25, 0.3) is 49.0 Å². The molecule has 0 radical (unpaired) electrons. The van der Waals surface area contributed by atoms with Gasteiger partial charge in [-0.1, -0.05) is 172 Å². The number of anilines is 2. The van der Waals surface area contributed by atoms with E-state index >= 15 is 0 Å². The topological polar surface area (TPSA) is 3.24 Å². The monoisotopic (exact) mass is 800 g/mol. The maximum atomic E-state index is 2.58. The molecule has 61 heavy (non-hydrogen) atoms. The Labute approximate surface area is 366 Å². The van der Waals surface area contributed by atoms with Crippen molar-refractivity contribution in [2.24, 2.45) is 22.7 Å². The Morgan fingerprint density at radius 2 is 1.15 bits per heavy atom. The van der Waals surface area contributed by atoms with E-state index in [9.17, 15) is 0 Å². The third kappa shape index (κ3) is 7.86. The number of rotatable bonds is 6. The fraction of sp³-hybridized carbons (Fsp3) is 0.333. The summed E-state index contributed by atoms with van der Waals surface area (Å²) in [5.74, 6) is 1.02. The fourth-order valence-corrected chi connectivity index (χ4v) is 10.2. The van der Waals surface area contributed by atoms with Crippen LogP contribution < -0.4 is 4.90 Å². The van der Waals surface area contributed by atoms with Crippen molar-refractivity contribution < 1.29 is 0 Å². The van der Waals surface area contributed by atoms with Gasteiger partial charge in [-0.15, -0.1) is 0 Å². The smallest absolute Gasteiger partial charge is 0.0468 e. The van der Waals surface area contributed by atoms with E-state index in [0.29, 0.717) is 11.8 Å². The second kappa shape index (κ2) is 15.8.